The fraction of sp³-hybridized carbons (Fsp3) is 0.929. The van der Waals surface area contributed by atoms with Gasteiger partial charge in [0.1, 0.15) is 0 Å². The number of hydrogen-bond acceptors (Lipinski definition) is 2. The Kier molecular flexibility index (Phi) is 5.70. The maximum absolute atomic E-state index is 5.76. The normalized spacial score (nSPS) is 25.7. The number of hydrogen-bond donors (Lipinski definition) is 1. The van der Waals surface area contributed by atoms with Crippen LogP contribution in [0.5, 0.6) is 0 Å². The van der Waals surface area contributed by atoms with Crippen LogP contribution in [0.15, 0.2) is 0 Å². The lowest BCUT2D eigenvalue weighted by atomic mass is 9.96. The first-order valence-electron chi connectivity index (χ1n) is 7.39. The van der Waals surface area contributed by atoms with Gasteiger partial charge in [0, 0.05) is 26.2 Å². The molecule has 0 aromatic carbocycles. The summed E-state index contributed by atoms with van der Waals surface area (Å²) in [6.07, 6.45) is 10.7. The van der Waals surface area contributed by atoms with E-state index < -0.39 is 0 Å². The number of thiocarbonyl (C=S) groups is 1. The Balaban J connectivity index is 1.69. The Hall–Kier alpha value is -0.350. The van der Waals surface area contributed by atoms with E-state index in [9.17, 15) is 0 Å². The molecular weight excluding hydrogens is 244 g/mol. The third-order valence-corrected chi connectivity index (χ3v) is 4.46. The van der Waals surface area contributed by atoms with Gasteiger partial charge in [-0.15, -0.1) is 0 Å². The molecule has 1 N–H and O–H groups in total. The average molecular weight is 270 g/mol. The van der Waals surface area contributed by atoms with Crippen molar-refractivity contribution >= 4 is 17.3 Å². The molecule has 0 radical (unpaired) electrons. The van der Waals surface area contributed by atoms with E-state index in [2.05, 4.69) is 17.3 Å². The molecule has 2 rings (SSSR count). The Morgan fingerprint density at radius 1 is 1.17 bits per heavy atom. The highest BCUT2D eigenvalue weighted by Gasteiger charge is 2.19. The predicted octanol–water partition coefficient (Wildman–Crippen LogP) is 2.69. The second-order valence-electron chi connectivity index (χ2n) is 5.65. The molecule has 0 aromatic heterocycles. The van der Waals surface area contributed by atoms with E-state index in [-0.39, 0.29) is 0 Å². The van der Waals surface area contributed by atoms with Crippen molar-refractivity contribution in [1.82, 2.24) is 10.2 Å². The van der Waals surface area contributed by atoms with E-state index in [1.165, 1.54) is 51.4 Å². The van der Waals surface area contributed by atoms with Crippen molar-refractivity contribution < 1.29 is 4.74 Å². The summed E-state index contributed by atoms with van der Waals surface area (Å²) in [4.78, 5) is 2.15. The predicted molar refractivity (Wildman–Crippen MR) is 78.8 cm³/mol. The molecule has 1 unspecified atom stereocenters. The third kappa shape index (κ3) is 4.39. The van der Waals surface area contributed by atoms with Crippen LogP contribution in [0.2, 0.25) is 0 Å². The number of nitrogens with one attached hydrogen (secondary N) is 1. The highest BCUT2D eigenvalue weighted by Crippen LogP contribution is 2.18. The number of ether oxygens (including phenoxy) is 1. The van der Waals surface area contributed by atoms with Gasteiger partial charge in [-0.1, -0.05) is 19.3 Å². The van der Waals surface area contributed by atoms with E-state index in [4.69, 9.17) is 17.0 Å². The lowest BCUT2D eigenvalue weighted by Gasteiger charge is -2.31. The summed E-state index contributed by atoms with van der Waals surface area (Å²) in [5.74, 6) is 0. The van der Waals surface area contributed by atoms with Crippen LogP contribution < -0.4 is 5.32 Å². The van der Waals surface area contributed by atoms with Crippen LogP contribution in [-0.4, -0.2) is 42.4 Å². The van der Waals surface area contributed by atoms with Gasteiger partial charge in [0.05, 0.1) is 6.10 Å². The van der Waals surface area contributed by atoms with E-state index >= 15 is 0 Å². The zero-order valence-corrected chi connectivity index (χ0v) is 12.3. The average Bonchev–Trinajstić information content (AvgIpc) is 2.41. The molecule has 0 spiro atoms. The van der Waals surface area contributed by atoms with Crippen molar-refractivity contribution in [3.63, 3.8) is 0 Å². The van der Waals surface area contributed by atoms with E-state index in [1.807, 2.05) is 0 Å². The summed E-state index contributed by atoms with van der Waals surface area (Å²) < 4.78 is 5.76. The number of likely N-dealkylation sites (N-methyl/N-ethyl adjacent to an activating group) is 1. The summed E-state index contributed by atoms with van der Waals surface area (Å²) in [5.41, 5.74) is 0. The van der Waals surface area contributed by atoms with Crippen LogP contribution in [0.3, 0.4) is 0 Å². The topological polar surface area (TPSA) is 24.5 Å². The monoisotopic (exact) mass is 270 g/mol. The molecule has 3 nitrogen and oxygen atoms in total. The molecule has 1 heterocycles. The van der Waals surface area contributed by atoms with Crippen molar-refractivity contribution in [2.24, 2.45) is 0 Å². The van der Waals surface area contributed by atoms with Gasteiger partial charge in [-0.05, 0) is 44.3 Å². The molecule has 0 bridgehead atoms. The first-order valence-corrected chi connectivity index (χ1v) is 7.80. The fourth-order valence-corrected chi connectivity index (χ4v) is 3.11. The van der Waals surface area contributed by atoms with Crippen LogP contribution in [0, 0.1) is 0 Å². The quantitative estimate of drug-likeness (QED) is 0.797. The molecule has 2 fully saturated rings. The standard InChI is InChI=1S/C14H26N2OS/c1-16(11-13-9-5-6-10-17-13)14(18)15-12-7-3-2-4-8-12/h12-13H,2-11H2,1H3,(H,15,18). The fourth-order valence-electron chi connectivity index (χ4n) is 2.87. The van der Waals surface area contributed by atoms with Crippen molar-refractivity contribution in [3.05, 3.63) is 0 Å². The SMILES string of the molecule is CN(CC1CCCCO1)C(=S)NC1CCCCC1. The Labute approximate surface area is 116 Å². The second-order valence-corrected chi connectivity index (χ2v) is 6.04. The highest BCUT2D eigenvalue weighted by molar-refractivity contribution is 7.80. The Bertz CT molecular complexity index is 261. The maximum atomic E-state index is 5.76. The molecule has 1 saturated carbocycles. The van der Waals surface area contributed by atoms with Gasteiger partial charge >= 0.3 is 0 Å². The van der Waals surface area contributed by atoms with E-state index in [1.54, 1.807) is 0 Å². The lowest BCUT2D eigenvalue weighted by Crippen LogP contribution is -2.46. The molecule has 0 aromatic rings. The van der Waals surface area contributed by atoms with Gasteiger partial charge in [0.25, 0.3) is 0 Å². The largest absolute Gasteiger partial charge is 0.376 e. The van der Waals surface area contributed by atoms with Gasteiger partial charge < -0.3 is 15.0 Å². The number of nitrogens with zero attached hydrogens (tertiary/aromatic N) is 1. The van der Waals surface area contributed by atoms with Crippen LogP contribution in [0.25, 0.3) is 0 Å². The molecule has 104 valence electrons. The summed E-state index contributed by atoms with van der Waals surface area (Å²) in [5, 5.41) is 4.41. The van der Waals surface area contributed by atoms with Gasteiger partial charge in [-0.25, -0.2) is 0 Å². The molecule has 1 atom stereocenters. The van der Waals surface area contributed by atoms with Crippen LogP contribution in [0.4, 0.5) is 0 Å². The van der Waals surface area contributed by atoms with Crippen molar-refractivity contribution in [1.29, 1.82) is 0 Å². The van der Waals surface area contributed by atoms with Crippen LogP contribution >= 0.6 is 12.2 Å². The molecule has 1 aliphatic heterocycles. The van der Waals surface area contributed by atoms with E-state index in [0.717, 1.165) is 18.3 Å². The number of rotatable bonds is 3. The molecule has 1 aliphatic carbocycles. The minimum atomic E-state index is 0.370. The first-order chi connectivity index (χ1) is 8.75. The molecule has 18 heavy (non-hydrogen) atoms. The molecule has 4 heteroatoms. The van der Waals surface area contributed by atoms with Crippen molar-refractivity contribution in [2.45, 2.75) is 63.5 Å². The minimum absolute atomic E-state index is 0.370. The smallest absolute Gasteiger partial charge is 0.168 e. The second kappa shape index (κ2) is 7.29. The Morgan fingerprint density at radius 2 is 1.89 bits per heavy atom. The van der Waals surface area contributed by atoms with Gasteiger partial charge in [-0.3, -0.25) is 0 Å². The summed E-state index contributed by atoms with van der Waals surface area (Å²) >= 11 is 5.49. The van der Waals surface area contributed by atoms with Crippen LogP contribution in [0.1, 0.15) is 51.4 Å². The van der Waals surface area contributed by atoms with E-state index in [0.29, 0.717) is 12.1 Å². The summed E-state index contributed by atoms with van der Waals surface area (Å²) in [6.45, 7) is 1.85. The molecule has 2 aliphatic rings. The summed E-state index contributed by atoms with van der Waals surface area (Å²) in [7, 11) is 2.08. The zero-order valence-electron chi connectivity index (χ0n) is 11.5. The van der Waals surface area contributed by atoms with Gasteiger partial charge in [0.15, 0.2) is 5.11 Å². The molecule has 0 amide bonds. The first kappa shape index (κ1) is 14.1. The highest BCUT2D eigenvalue weighted by atomic mass is 32.1. The zero-order chi connectivity index (χ0) is 12.8. The summed E-state index contributed by atoms with van der Waals surface area (Å²) in [6, 6.07) is 0.598. The van der Waals surface area contributed by atoms with Gasteiger partial charge in [-0.2, -0.15) is 0 Å². The van der Waals surface area contributed by atoms with Gasteiger partial charge in [0.2, 0.25) is 0 Å². The minimum Gasteiger partial charge on any atom is -0.376 e. The van der Waals surface area contributed by atoms with Crippen molar-refractivity contribution in [2.75, 3.05) is 20.2 Å². The van der Waals surface area contributed by atoms with Crippen LogP contribution in [-0.2, 0) is 4.74 Å². The maximum Gasteiger partial charge on any atom is 0.168 e. The lowest BCUT2D eigenvalue weighted by molar-refractivity contribution is 0.00698. The molecule has 1 saturated heterocycles. The third-order valence-electron chi connectivity index (χ3n) is 4.03. The Morgan fingerprint density at radius 3 is 2.56 bits per heavy atom. The van der Waals surface area contributed by atoms with Crippen molar-refractivity contribution in [3.8, 4) is 0 Å². The molecular formula is C14H26N2OS.